The molecule has 0 aliphatic heterocycles. The summed E-state index contributed by atoms with van der Waals surface area (Å²) in [6, 6.07) is 1.68. The van der Waals surface area contributed by atoms with E-state index in [1.165, 1.54) is 38.5 Å². The van der Waals surface area contributed by atoms with Crippen LogP contribution in [0.15, 0.2) is 10.9 Å². The molecular weight excluding hydrogens is 372 g/mol. The van der Waals surface area contributed by atoms with Crippen LogP contribution in [0.5, 0.6) is 0 Å². The van der Waals surface area contributed by atoms with Gasteiger partial charge in [0, 0.05) is 18.3 Å². The van der Waals surface area contributed by atoms with Crippen LogP contribution in [0.1, 0.15) is 90.7 Å². The summed E-state index contributed by atoms with van der Waals surface area (Å²) in [5.74, 6) is -0.122. The van der Waals surface area contributed by atoms with Crippen LogP contribution >= 0.6 is 12.2 Å². The SMILES string of the molecule is CCCc1cc(=O)[nH]c(=S)n1CCCCCCCCCCCOC(=O)C(C)C. The van der Waals surface area contributed by atoms with E-state index in [9.17, 15) is 9.59 Å². The van der Waals surface area contributed by atoms with E-state index < -0.39 is 0 Å². The van der Waals surface area contributed by atoms with Crippen molar-refractivity contribution in [1.29, 1.82) is 0 Å². The van der Waals surface area contributed by atoms with Crippen molar-refractivity contribution in [3.63, 3.8) is 0 Å². The molecule has 0 fully saturated rings. The molecule has 6 heteroatoms. The molecule has 0 aromatic carbocycles. The second-order valence-corrected chi connectivity index (χ2v) is 8.22. The normalized spacial score (nSPS) is 11.1. The van der Waals surface area contributed by atoms with Gasteiger partial charge in [-0.3, -0.25) is 14.6 Å². The zero-order chi connectivity index (χ0) is 20.8. The maximum atomic E-state index is 11.6. The number of carbonyl (C=O) groups excluding carboxylic acids is 1. The van der Waals surface area contributed by atoms with Crippen molar-refractivity contribution in [2.75, 3.05) is 6.61 Å². The summed E-state index contributed by atoms with van der Waals surface area (Å²) >= 11 is 5.33. The summed E-state index contributed by atoms with van der Waals surface area (Å²) in [5, 5.41) is 0. The lowest BCUT2D eigenvalue weighted by atomic mass is 10.1. The Hall–Kier alpha value is -1.43. The van der Waals surface area contributed by atoms with Gasteiger partial charge in [0.2, 0.25) is 0 Å². The predicted molar refractivity (Wildman–Crippen MR) is 117 cm³/mol. The molecule has 0 radical (unpaired) electrons. The Balaban J connectivity index is 2.06. The number of H-pyrrole nitrogens is 1. The lowest BCUT2D eigenvalue weighted by molar-refractivity contribution is -0.147. The van der Waals surface area contributed by atoms with Gasteiger partial charge in [-0.1, -0.05) is 72.1 Å². The van der Waals surface area contributed by atoms with Gasteiger partial charge in [-0.25, -0.2) is 0 Å². The average Bonchev–Trinajstić information content (AvgIpc) is 2.64. The first-order valence-corrected chi connectivity index (χ1v) is 11.4. The zero-order valence-electron chi connectivity index (χ0n) is 17.9. The van der Waals surface area contributed by atoms with Crippen molar-refractivity contribution in [3.8, 4) is 0 Å². The van der Waals surface area contributed by atoms with Crippen LogP contribution in [0.25, 0.3) is 0 Å². The number of carbonyl (C=O) groups is 1. The predicted octanol–water partition coefficient (Wildman–Crippen LogP) is 5.57. The number of esters is 1. The van der Waals surface area contributed by atoms with Gasteiger partial charge >= 0.3 is 5.97 Å². The number of hydrogen-bond donors (Lipinski definition) is 1. The van der Waals surface area contributed by atoms with Crippen molar-refractivity contribution in [2.45, 2.75) is 97.9 Å². The Morgan fingerprint density at radius 2 is 1.64 bits per heavy atom. The number of aryl methyl sites for hydroxylation is 1. The highest BCUT2D eigenvalue weighted by Gasteiger charge is 2.07. The monoisotopic (exact) mass is 410 g/mol. The molecule has 1 aromatic rings. The Kier molecular flexibility index (Phi) is 12.8. The molecule has 1 rings (SSSR count). The molecule has 0 bridgehead atoms. The molecule has 1 N–H and O–H groups in total. The molecule has 160 valence electrons. The van der Waals surface area contributed by atoms with Gasteiger partial charge in [-0.15, -0.1) is 0 Å². The molecule has 0 aliphatic carbocycles. The molecule has 5 nitrogen and oxygen atoms in total. The van der Waals surface area contributed by atoms with Crippen LogP contribution in [0.3, 0.4) is 0 Å². The van der Waals surface area contributed by atoms with Crippen molar-refractivity contribution < 1.29 is 9.53 Å². The second kappa shape index (κ2) is 14.6. The van der Waals surface area contributed by atoms with Crippen LogP contribution in [-0.2, 0) is 22.5 Å². The highest BCUT2D eigenvalue weighted by Crippen LogP contribution is 2.11. The quantitative estimate of drug-likeness (QED) is 0.233. The molecule has 1 aromatic heterocycles. The summed E-state index contributed by atoms with van der Waals surface area (Å²) in [4.78, 5) is 25.7. The van der Waals surface area contributed by atoms with Crippen molar-refractivity contribution >= 4 is 18.2 Å². The Morgan fingerprint density at radius 1 is 1.07 bits per heavy atom. The number of aromatic amines is 1. The first-order valence-electron chi connectivity index (χ1n) is 10.9. The second-order valence-electron chi connectivity index (χ2n) is 7.84. The smallest absolute Gasteiger partial charge is 0.308 e. The highest BCUT2D eigenvalue weighted by atomic mass is 32.1. The lowest BCUT2D eigenvalue weighted by Crippen LogP contribution is -2.17. The third kappa shape index (κ3) is 10.2. The Morgan fingerprint density at radius 3 is 2.21 bits per heavy atom. The minimum Gasteiger partial charge on any atom is -0.465 e. The molecular formula is C22H38N2O3S. The summed E-state index contributed by atoms with van der Waals surface area (Å²) in [6.45, 7) is 7.29. The number of ether oxygens (including phenoxy) is 1. The van der Waals surface area contributed by atoms with E-state index in [1.807, 2.05) is 13.8 Å². The molecule has 28 heavy (non-hydrogen) atoms. The first kappa shape index (κ1) is 24.6. The van der Waals surface area contributed by atoms with E-state index >= 15 is 0 Å². The maximum Gasteiger partial charge on any atom is 0.308 e. The summed E-state index contributed by atoms with van der Waals surface area (Å²) < 4.78 is 7.82. The van der Waals surface area contributed by atoms with Gasteiger partial charge in [0.15, 0.2) is 4.77 Å². The number of aromatic nitrogens is 2. The van der Waals surface area contributed by atoms with E-state index in [0.29, 0.717) is 11.4 Å². The standard InChI is InChI=1S/C22H38N2O3S/c1-4-14-19-17-20(25)23-22(28)24(19)15-12-10-8-6-5-7-9-11-13-16-27-21(26)18(2)3/h17-18H,4-16H2,1-3H3,(H,23,25,28). The molecule has 0 atom stereocenters. The van der Waals surface area contributed by atoms with E-state index in [2.05, 4.69) is 16.5 Å². The van der Waals surface area contributed by atoms with Crippen LogP contribution < -0.4 is 5.56 Å². The van der Waals surface area contributed by atoms with Crippen LogP contribution in [0.4, 0.5) is 0 Å². The van der Waals surface area contributed by atoms with Gasteiger partial charge < -0.3 is 9.30 Å². The topological polar surface area (TPSA) is 64.1 Å². The molecule has 1 heterocycles. The largest absolute Gasteiger partial charge is 0.465 e. The highest BCUT2D eigenvalue weighted by molar-refractivity contribution is 7.71. The Labute approximate surface area is 174 Å². The van der Waals surface area contributed by atoms with Crippen LogP contribution in [0, 0.1) is 10.7 Å². The number of nitrogens with zero attached hydrogens (tertiary/aromatic N) is 1. The third-order valence-electron chi connectivity index (χ3n) is 4.87. The molecule has 0 saturated carbocycles. The van der Waals surface area contributed by atoms with Crippen molar-refractivity contribution in [2.24, 2.45) is 5.92 Å². The maximum absolute atomic E-state index is 11.6. The average molecular weight is 411 g/mol. The number of rotatable bonds is 15. The van der Waals surface area contributed by atoms with Crippen molar-refractivity contribution in [1.82, 2.24) is 9.55 Å². The van der Waals surface area contributed by atoms with E-state index in [0.717, 1.165) is 44.3 Å². The molecule has 0 amide bonds. The van der Waals surface area contributed by atoms with Gasteiger partial charge in [0.05, 0.1) is 12.5 Å². The minimum atomic E-state index is -0.0946. The van der Waals surface area contributed by atoms with E-state index in [4.69, 9.17) is 17.0 Å². The fourth-order valence-corrected chi connectivity index (χ4v) is 3.54. The fourth-order valence-electron chi connectivity index (χ4n) is 3.23. The molecule has 0 unspecified atom stereocenters. The molecule has 0 saturated heterocycles. The van der Waals surface area contributed by atoms with Gasteiger partial charge in [0.1, 0.15) is 0 Å². The first-order chi connectivity index (χ1) is 13.5. The minimum absolute atomic E-state index is 0.0292. The Bertz CT molecular complexity index is 679. The summed E-state index contributed by atoms with van der Waals surface area (Å²) in [7, 11) is 0. The number of unbranched alkanes of at least 4 members (excludes halogenated alkanes) is 8. The van der Waals surface area contributed by atoms with Gasteiger partial charge in [-0.2, -0.15) is 0 Å². The van der Waals surface area contributed by atoms with Crippen LogP contribution in [0.2, 0.25) is 0 Å². The summed E-state index contributed by atoms with van der Waals surface area (Å²) in [5.41, 5.74) is 0.957. The third-order valence-corrected chi connectivity index (χ3v) is 5.19. The lowest BCUT2D eigenvalue weighted by Gasteiger charge is -2.12. The van der Waals surface area contributed by atoms with E-state index in [-0.39, 0.29) is 17.4 Å². The van der Waals surface area contributed by atoms with Crippen LogP contribution in [-0.4, -0.2) is 22.1 Å². The van der Waals surface area contributed by atoms with Gasteiger partial charge in [0.25, 0.3) is 5.56 Å². The molecule has 0 spiro atoms. The number of nitrogens with one attached hydrogen (secondary N) is 1. The number of hydrogen-bond acceptors (Lipinski definition) is 4. The molecule has 0 aliphatic rings. The summed E-state index contributed by atoms with van der Waals surface area (Å²) in [6.07, 6.45) is 12.5. The fraction of sp³-hybridized carbons (Fsp3) is 0.773. The van der Waals surface area contributed by atoms with Gasteiger partial charge in [-0.05, 0) is 31.5 Å². The van der Waals surface area contributed by atoms with E-state index in [1.54, 1.807) is 6.07 Å². The zero-order valence-corrected chi connectivity index (χ0v) is 18.7. The van der Waals surface area contributed by atoms with Crippen molar-refractivity contribution in [3.05, 3.63) is 26.9 Å².